The molecule has 1 aromatic carbocycles. The number of hydrogen-bond acceptors (Lipinski definition) is 2. The Labute approximate surface area is 145 Å². The van der Waals surface area contributed by atoms with Crippen LogP contribution in [0.2, 0.25) is 5.02 Å². The summed E-state index contributed by atoms with van der Waals surface area (Å²) in [6.45, 7) is 1.89. The maximum absolute atomic E-state index is 12.6. The van der Waals surface area contributed by atoms with Gasteiger partial charge in [-0.25, -0.2) is 0 Å². The van der Waals surface area contributed by atoms with Crippen molar-refractivity contribution in [2.24, 2.45) is 11.8 Å². The molecule has 2 fully saturated rings. The highest BCUT2D eigenvalue weighted by Crippen LogP contribution is 2.44. The number of imide groups is 1. The van der Waals surface area contributed by atoms with Crippen LogP contribution in [0.5, 0.6) is 0 Å². The molecule has 0 N–H and O–H groups in total. The number of benzene rings is 1. The van der Waals surface area contributed by atoms with E-state index in [1.54, 1.807) is 12.1 Å². The van der Waals surface area contributed by atoms with E-state index >= 15 is 0 Å². The zero-order valence-corrected chi connectivity index (χ0v) is 15.3. The molecule has 1 aromatic rings. The third-order valence-corrected chi connectivity index (χ3v) is 7.47. The van der Waals surface area contributed by atoms with Gasteiger partial charge >= 0.3 is 0 Å². The largest absolute Gasteiger partial charge is 0.274 e. The first kappa shape index (κ1) is 15.5. The summed E-state index contributed by atoms with van der Waals surface area (Å²) in [6.07, 6.45) is 1.36. The lowest BCUT2D eigenvalue weighted by Crippen LogP contribution is -2.34. The number of fused-ring (bicyclic) bond motifs is 1. The zero-order chi connectivity index (χ0) is 15.3. The molecule has 3 nitrogen and oxygen atoms in total. The van der Waals surface area contributed by atoms with Crippen molar-refractivity contribution in [3.05, 3.63) is 28.8 Å². The standard InChI is InChI=1S/C15H14Br2ClNO2/c1-7-2-3-8(4-13(7)18)19-14(20)9-5-11(16)12(17)6-10(9)15(19)21/h2-4,9-12H,5-6H2,1H3/t9-,10-,11+,12+/m1/s1. The van der Waals surface area contributed by atoms with E-state index < -0.39 is 0 Å². The van der Waals surface area contributed by atoms with Crippen molar-refractivity contribution in [1.29, 1.82) is 0 Å². The molecule has 3 rings (SSSR count). The molecule has 112 valence electrons. The second-order valence-electron chi connectivity index (χ2n) is 5.66. The molecule has 6 heteroatoms. The quantitative estimate of drug-likeness (QED) is 0.493. The van der Waals surface area contributed by atoms with Crippen LogP contribution in [-0.2, 0) is 9.59 Å². The van der Waals surface area contributed by atoms with Gasteiger partial charge in [0, 0.05) is 14.7 Å². The van der Waals surface area contributed by atoms with E-state index in [4.69, 9.17) is 11.6 Å². The van der Waals surface area contributed by atoms with Gasteiger partial charge in [-0.2, -0.15) is 0 Å². The Morgan fingerprint density at radius 2 is 1.62 bits per heavy atom. The van der Waals surface area contributed by atoms with E-state index in [0.29, 0.717) is 23.6 Å². The van der Waals surface area contributed by atoms with E-state index in [9.17, 15) is 9.59 Å². The fourth-order valence-corrected chi connectivity index (χ4v) is 4.48. The molecule has 2 aliphatic rings. The average molecular weight is 436 g/mol. The van der Waals surface area contributed by atoms with Gasteiger partial charge in [-0.1, -0.05) is 49.5 Å². The fraction of sp³-hybridized carbons (Fsp3) is 0.467. The SMILES string of the molecule is Cc1ccc(N2C(=O)[C@@H]3C[C@H](Br)[C@@H](Br)C[C@H]3C2=O)cc1Cl. The summed E-state index contributed by atoms with van der Waals surface area (Å²) in [6, 6.07) is 5.31. The molecule has 0 aromatic heterocycles. The number of carbonyl (C=O) groups is 2. The summed E-state index contributed by atoms with van der Waals surface area (Å²) in [5.41, 5.74) is 1.50. The van der Waals surface area contributed by atoms with Crippen molar-refractivity contribution in [2.45, 2.75) is 29.4 Å². The number of rotatable bonds is 1. The van der Waals surface area contributed by atoms with Gasteiger partial charge in [-0.05, 0) is 37.5 Å². The lowest BCUT2D eigenvalue weighted by Gasteiger charge is -2.29. The van der Waals surface area contributed by atoms with E-state index in [-0.39, 0.29) is 33.3 Å². The first-order valence-corrected chi connectivity index (χ1v) is 9.03. The zero-order valence-electron chi connectivity index (χ0n) is 11.4. The molecule has 0 unspecified atom stereocenters. The fourth-order valence-electron chi connectivity index (χ4n) is 3.07. The van der Waals surface area contributed by atoms with Crippen molar-refractivity contribution < 1.29 is 9.59 Å². The van der Waals surface area contributed by atoms with Gasteiger partial charge in [-0.15, -0.1) is 0 Å². The van der Waals surface area contributed by atoms with Gasteiger partial charge < -0.3 is 0 Å². The Balaban J connectivity index is 1.95. The molecule has 1 saturated heterocycles. The van der Waals surface area contributed by atoms with Crippen LogP contribution >= 0.6 is 43.5 Å². The number of nitrogens with zero attached hydrogens (tertiary/aromatic N) is 1. The number of aryl methyl sites for hydroxylation is 1. The summed E-state index contributed by atoms with van der Waals surface area (Å²) in [5, 5.41) is 0.569. The van der Waals surface area contributed by atoms with E-state index in [2.05, 4.69) is 31.9 Å². The highest BCUT2D eigenvalue weighted by molar-refractivity contribution is 9.12. The number of anilines is 1. The molecule has 0 radical (unpaired) electrons. The average Bonchev–Trinajstić information content (AvgIpc) is 2.66. The van der Waals surface area contributed by atoms with Crippen molar-refractivity contribution in [1.82, 2.24) is 0 Å². The first-order chi connectivity index (χ1) is 9.90. The van der Waals surface area contributed by atoms with E-state index in [0.717, 1.165) is 5.56 Å². The van der Waals surface area contributed by atoms with Crippen molar-refractivity contribution in [3.8, 4) is 0 Å². The number of hydrogen-bond donors (Lipinski definition) is 0. The predicted octanol–water partition coefficient (Wildman–Crippen LogP) is 4.07. The minimum Gasteiger partial charge on any atom is -0.274 e. The van der Waals surface area contributed by atoms with Gasteiger partial charge in [0.15, 0.2) is 0 Å². The minimum absolute atomic E-state index is 0.103. The highest BCUT2D eigenvalue weighted by atomic mass is 79.9. The number of alkyl halides is 2. The lowest BCUT2D eigenvalue weighted by molar-refractivity contribution is -0.122. The van der Waals surface area contributed by atoms with Gasteiger partial charge in [0.05, 0.1) is 17.5 Å². The monoisotopic (exact) mass is 433 g/mol. The second kappa shape index (κ2) is 5.67. The lowest BCUT2D eigenvalue weighted by atomic mass is 9.81. The molecular formula is C15H14Br2ClNO2. The summed E-state index contributed by atoms with van der Waals surface area (Å²) >= 11 is 13.3. The number of carbonyl (C=O) groups excluding carboxylic acids is 2. The van der Waals surface area contributed by atoms with Gasteiger partial charge in [-0.3, -0.25) is 14.5 Å². The van der Waals surface area contributed by atoms with Crippen LogP contribution in [0.25, 0.3) is 0 Å². The first-order valence-electron chi connectivity index (χ1n) is 6.82. The topological polar surface area (TPSA) is 37.4 Å². The van der Waals surface area contributed by atoms with Crippen LogP contribution in [0.1, 0.15) is 18.4 Å². The Morgan fingerprint density at radius 3 is 2.10 bits per heavy atom. The summed E-state index contributed by atoms with van der Waals surface area (Å²) < 4.78 is 0. The van der Waals surface area contributed by atoms with Crippen LogP contribution in [0.15, 0.2) is 18.2 Å². The molecular weight excluding hydrogens is 421 g/mol. The summed E-state index contributed by atoms with van der Waals surface area (Å²) in [7, 11) is 0. The third-order valence-electron chi connectivity index (χ3n) is 4.33. The van der Waals surface area contributed by atoms with Crippen molar-refractivity contribution in [3.63, 3.8) is 0 Å². The second-order valence-corrected chi connectivity index (χ2v) is 8.42. The maximum atomic E-state index is 12.6. The van der Waals surface area contributed by atoms with Crippen LogP contribution in [0, 0.1) is 18.8 Å². The molecule has 21 heavy (non-hydrogen) atoms. The minimum atomic E-state index is -0.226. The van der Waals surface area contributed by atoms with Crippen molar-refractivity contribution in [2.75, 3.05) is 4.90 Å². The normalized spacial score (nSPS) is 32.5. The molecule has 1 heterocycles. The summed E-state index contributed by atoms with van der Waals surface area (Å²) in [5.74, 6) is -0.658. The Kier molecular flexibility index (Phi) is 4.19. The van der Waals surface area contributed by atoms with Crippen LogP contribution in [0.4, 0.5) is 5.69 Å². The van der Waals surface area contributed by atoms with Crippen molar-refractivity contribution >= 4 is 61.0 Å². The molecule has 1 aliphatic heterocycles. The predicted molar refractivity (Wildman–Crippen MR) is 90.3 cm³/mol. The van der Waals surface area contributed by atoms with E-state index in [1.807, 2.05) is 13.0 Å². The smallest absolute Gasteiger partial charge is 0.237 e. The molecule has 0 spiro atoms. The molecule has 1 aliphatic carbocycles. The van der Waals surface area contributed by atoms with Gasteiger partial charge in [0.25, 0.3) is 0 Å². The van der Waals surface area contributed by atoms with E-state index in [1.165, 1.54) is 4.90 Å². The highest BCUT2D eigenvalue weighted by Gasteiger charge is 2.52. The maximum Gasteiger partial charge on any atom is 0.237 e. The van der Waals surface area contributed by atoms with Crippen LogP contribution in [0.3, 0.4) is 0 Å². The third kappa shape index (κ3) is 2.57. The molecule has 1 saturated carbocycles. The van der Waals surface area contributed by atoms with Crippen LogP contribution in [-0.4, -0.2) is 21.5 Å². The Bertz CT molecular complexity index is 594. The number of amides is 2. The van der Waals surface area contributed by atoms with Gasteiger partial charge in [0.2, 0.25) is 11.8 Å². The molecule has 4 atom stereocenters. The molecule has 0 bridgehead atoms. The summed E-state index contributed by atoms with van der Waals surface area (Å²) in [4.78, 5) is 27.0. The molecule has 2 amide bonds. The Morgan fingerprint density at radius 1 is 1.10 bits per heavy atom. The number of halogens is 3. The van der Waals surface area contributed by atoms with Crippen LogP contribution < -0.4 is 4.90 Å². The Hall–Kier alpha value is -0.390. The van der Waals surface area contributed by atoms with Gasteiger partial charge in [0.1, 0.15) is 0 Å².